The van der Waals surface area contributed by atoms with Gasteiger partial charge in [-0.3, -0.25) is 4.79 Å². The van der Waals surface area contributed by atoms with Crippen LogP contribution in [0.4, 0.5) is 0 Å². The zero-order valence-corrected chi connectivity index (χ0v) is 13.0. The van der Waals surface area contributed by atoms with Crippen LogP contribution in [0.2, 0.25) is 0 Å². The van der Waals surface area contributed by atoms with Crippen LogP contribution in [-0.4, -0.2) is 36.5 Å². The molecule has 114 valence electrons. The fourth-order valence-electron chi connectivity index (χ4n) is 2.76. The molecule has 1 aromatic rings. The summed E-state index contributed by atoms with van der Waals surface area (Å²) in [6.45, 7) is 4.75. The number of hydrogen-bond donors (Lipinski definition) is 1. The van der Waals surface area contributed by atoms with E-state index in [4.69, 9.17) is 10.5 Å². The van der Waals surface area contributed by atoms with Crippen molar-refractivity contribution in [2.24, 2.45) is 5.73 Å². The number of likely N-dealkylation sites (tertiary alicyclic amines) is 1. The third-order valence-electron chi connectivity index (χ3n) is 4.06. The Morgan fingerprint density at radius 2 is 2.24 bits per heavy atom. The van der Waals surface area contributed by atoms with Crippen LogP contribution in [-0.2, 0) is 4.79 Å². The van der Waals surface area contributed by atoms with Gasteiger partial charge >= 0.3 is 0 Å². The van der Waals surface area contributed by atoms with Crippen LogP contribution in [0.25, 0.3) is 5.57 Å². The van der Waals surface area contributed by atoms with Crippen LogP contribution in [0.3, 0.4) is 0 Å². The van der Waals surface area contributed by atoms with Crippen molar-refractivity contribution >= 4 is 11.5 Å². The highest BCUT2D eigenvalue weighted by atomic mass is 16.5. The van der Waals surface area contributed by atoms with Crippen LogP contribution < -0.4 is 10.5 Å². The van der Waals surface area contributed by atoms with Gasteiger partial charge in [0.1, 0.15) is 5.75 Å². The molecule has 21 heavy (non-hydrogen) atoms. The number of rotatable bonds is 3. The van der Waals surface area contributed by atoms with Crippen LogP contribution in [0.1, 0.15) is 32.3 Å². The van der Waals surface area contributed by atoms with E-state index >= 15 is 0 Å². The number of carbonyl (C=O) groups is 1. The van der Waals surface area contributed by atoms with Crippen LogP contribution in [0, 0.1) is 0 Å². The summed E-state index contributed by atoms with van der Waals surface area (Å²) in [5.41, 5.74) is 7.89. The number of ether oxygens (including phenoxy) is 1. The maximum absolute atomic E-state index is 12.4. The van der Waals surface area contributed by atoms with Gasteiger partial charge in [0.05, 0.1) is 7.11 Å². The number of allylic oxidation sites excluding steroid dienone is 1. The SMILES string of the molecule is COc1cccc(/C(C)=C/C(=O)N2CCC(N)CC2C)c1. The lowest BCUT2D eigenvalue weighted by Gasteiger charge is -2.35. The minimum atomic E-state index is 0.0646. The number of amides is 1. The first-order chi connectivity index (χ1) is 10.0. The molecular formula is C17H24N2O2. The van der Waals surface area contributed by atoms with E-state index in [1.54, 1.807) is 13.2 Å². The normalized spacial score (nSPS) is 23.0. The minimum Gasteiger partial charge on any atom is -0.497 e. The first kappa shape index (κ1) is 15.6. The Balaban J connectivity index is 2.12. The average Bonchev–Trinajstić information content (AvgIpc) is 2.47. The van der Waals surface area contributed by atoms with E-state index < -0.39 is 0 Å². The molecule has 4 heteroatoms. The first-order valence-corrected chi connectivity index (χ1v) is 7.40. The summed E-state index contributed by atoms with van der Waals surface area (Å²) in [6.07, 6.45) is 3.46. The zero-order chi connectivity index (χ0) is 15.4. The van der Waals surface area contributed by atoms with E-state index in [2.05, 4.69) is 6.92 Å². The maximum atomic E-state index is 12.4. The fourth-order valence-corrected chi connectivity index (χ4v) is 2.76. The van der Waals surface area contributed by atoms with Crippen molar-refractivity contribution in [3.63, 3.8) is 0 Å². The number of methoxy groups -OCH3 is 1. The summed E-state index contributed by atoms with van der Waals surface area (Å²) >= 11 is 0. The standard InChI is InChI=1S/C17H24N2O2/c1-12(14-5-4-6-16(11-14)21-3)9-17(20)19-8-7-15(18)10-13(19)2/h4-6,9,11,13,15H,7-8,10,18H2,1-3H3/b12-9+. The van der Waals surface area contributed by atoms with Gasteiger partial charge in [-0.25, -0.2) is 0 Å². The van der Waals surface area contributed by atoms with Gasteiger partial charge in [0, 0.05) is 24.7 Å². The molecule has 2 unspecified atom stereocenters. The Morgan fingerprint density at radius 1 is 1.48 bits per heavy atom. The van der Waals surface area contributed by atoms with Crippen molar-refractivity contribution in [2.45, 2.75) is 38.8 Å². The fraction of sp³-hybridized carbons (Fsp3) is 0.471. The van der Waals surface area contributed by atoms with Gasteiger partial charge in [0.25, 0.3) is 0 Å². The van der Waals surface area contributed by atoms with Crippen molar-refractivity contribution in [1.82, 2.24) is 4.90 Å². The molecule has 2 N–H and O–H groups in total. The van der Waals surface area contributed by atoms with Crippen LogP contribution in [0.5, 0.6) is 5.75 Å². The van der Waals surface area contributed by atoms with E-state index in [0.717, 1.165) is 36.3 Å². The van der Waals surface area contributed by atoms with Gasteiger partial charge < -0.3 is 15.4 Å². The van der Waals surface area contributed by atoms with Gasteiger partial charge in [-0.1, -0.05) is 12.1 Å². The molecule has 0 spiro atoms. The summed E-state index contributed by atoms with van der Waals surface area (Å²) in [5.74, 6) is 0.861. The minimum absolute atomic E-state index is 0.0646. The smallest absolute Gasteiger partial charge is 0.247 e. The molecule has 1 fully saturated rings. The second kappa shape index (κ2) is 6.76. The Hall–Kier alpha value is -1.81. The monoisotopic (exact) mass is 288 g/mol. The molecule has 1 amide bonds. The van der Waals surface area contributed by atoms with Gasteiger partial charge in [-0.15, -0.1) is 0 Å². The molecule has 0 saturated carbocycles. The highest BCUT2D eigenvalue weighted by molar-refractivity contribution is 5.95. The number of benzene rings is 1. The van der Waals surface area contributed by atoms with Gasteiger partial charge in [-0.05, 0) is 50.0 Å². The van der Waals surface area contributed by atoms with E-state index in [0.29, 0.717) is 0 Å². The first-order valence-electron chi connectivity index (χ1n) is 7.40. The molecule has 2 rings (SSSR count). The lowest BCUT2D eigenvalue weighted by molar-refractivity contribution is -0.129. The second-order valence-electron chi connectivity index (χ2n) is 5.72. The van der Waals surface area contributed by atoms with Crippen molar-refractivity contribution in [3.8, 4) is 5.75 Å². The summed E-state index contributed by atoms with van der Waals surface area (Å²) in [6, 6.07) is 8.17. The molecule has 0 radical (unpaired) electrons. The Kier molecular flexibility index (Phi) is 5.02. The van der Waals surface area contributed by atoms with Crippen LogP contribution >= 0.6 is 0 Å². The number of carbonyl (C=O) groups excluding carboxylic acids is 1. The third-order valence-corrected chi connectivity index (χ3v) is 4.06. The predicted molar refractivity (Wildman–Crippen MR) is 85.0 cm³/mol. The van der Waals surface area contributed by atoms with Crippen molar-refractivity contribution in [2.75, 3.05) is 13.7 Å². The third kappa shape index (κ3) is 3.85. The Morgan fingerprint density at radius 3 is 2.90 bits per heavy atom. The highest BCUT2D eigenvalue weighted by Gasteiger charge is 2.25. The molecule has 1 saturated heterocycles. The summed E-state index contributed by atoms with van der Waals surface area (Å²) < 4.78 is 5.22. The van der Waals surface area contributed by atoms with Gasteiger partial charge in [0.2, 0.25) is 5.91 Å². The topological polar surface area (TPSA) is 55.6 Å². The molecule has 0 bridgehead atoms. The number of hydrogen-bond acceptors (Lipinski definition) is 3. The van der Waals surface area contributed by atoms with Crippen molar-refractivity contribution in [3.05, 3.63) is 35.9 Å². The Labute approximate surface area is 126 Å². The molecule has 1 aliphatic heterocycles. The van der Waals surface area contributed by atoms with Gasteiger partial charge in [0.15, 0.2) is 0 Å². The lowest BCUT2D eigenvalue weighted by Crippen LogP contribution is -2.47. The molecule has 1 aliphatic rings. The van der Waals surface area contributed by atoms with Crippen molar-refractivity contribution < 1.29 is 9.53 Å². The van der Waals surface area contributed by atoms with E-state index in [1.165, 1.54) is 0 Å². The van der Waals surface area contributed by atoms with Crippen molar-refractivity contribution in [1.29, 1.82) is 0 Å². The number of nitrogens with zero attached hydrogens (tertiary/aromatic N) is 1. The van der Waals surface area contributed by atoms with E-state index in [1.807, 2.05) is 36.1 Å². The number of nitrogens with two attached hydrogens (primary N) is 1. The molecule has 2 atom stereocenters. The molecular weight excluding hydrogens is 264 g/mol. The maximum Gasteiger partial charge on any atom is 0.247 e. The summed E-state index contributed by atoms with van der Waals surface area (Å²) in [5, 5.41) is 0. The largest absolute Gasteiger partial charge is 0.497 e. The second-order valence-corrected chi connectivity index (χ2v) is 5.72. The molecule has 0 aliphatic carbocycles. The van der Waals surface area contributed by atoms with Crippen LogP contribution in [0.15, 0.2) is 30.3 Å². The quantitative estimate of drug-likeness (QED) is 0.869. The Bertz CT molecular complexity index is 539. The molecule has 1 aromatic carbocycles. The number of piperidine rings is 1. The average molecular weight is 288 g/mol. The predicted octanol–water partition coefficient (Wildman–Crippen LogP) is 2.44. The lowest BCUT2D eigenvalue weighted by atomic mass is 9.98. The molecule has 0 aromatic heterocycles. The zero-order valence-electron chi connectivity index (χ0n) is 13.0. The molecule has 1 heterocycles. The van der Waals surface area contributed by atoms with E-state index in [-0.39, 0.29) is 18.0 Å². The molecule has 4 nitrogen and oxygen atoms in total. The summed E-state index contributed by atoms with van der Waals surface area (Å²) in [4.78, 5) is 14.3. The van der Waals surface area contributed by atoms with Gasteiger partial charge in [-0.2, -0.15) is 0 Å². The van der Waals surface area contributed by atoms with E-state index in [9.17, 15) is 4.79 Å². The highest BCUT2D eigenvalue weighted by Crippen LogP contribution is 2.21. The summed E-state index contributed by atoms with van der Waals surface area (Å²) in [7, 11) is 1.64.